The number of aromatic nitrogens is 7. The molecule has 1 unspecified atom stereocenters. The molecule has 0 aromatic carbocycles. The third-order valence-corrected chi connectivity index (χ3v) is 8.31. The minimum absolute atomic E-state index is 0.277. The van der Waals surface area contributed by atoms with Gasteiger partial charge in [-0.1, -0.05) is 19.3 Å². The zero-order valence-corrected chi connectivity index (χ0v) is 22.6. The van der Waals surface area contributed by atoms with Crippen LogP contribution in [0, 0.1) is 5.92 Å². The molecular weight excluding hydrogens is 504 g/mol. The minimum Gasteiger partial charge on any atom is -0.374 e. The molecule has 4 N–H and O–H groups in total. The maximum Gasteiger partial charge on any atom is 0.181 e. The van der Waals surface area contributed by atoms with Crippen molar-refractivity contribution in [2.75, 3.05) is 43.4 Å². The summed E-state index contributed by atoms with van der Waals surface area (Å²) in [4.78, 5) is 26.8. The lowest BCUT2D eigenvalue weighted by Gasteiger charge is -2.33. The van der Waals surface area contributed by atoms with Crippen LogP contribution in [0.3, 0.4) is 0 Å². The number of hydrogen-bond donors (Lipinski definition) is 4. The standard InChI is InChI=1S/C29H34N10O/c1-38-9-11-39(12-10-38)28-25-23(7-8-31-28)34-27(35-25)24-22-14-20(16-32-26(22)37-36-24)19-13-21(17-30-15-19)33-29(40)18-5-3-2-4-6-18/h7-8,13-18,29,33,40H,2-6,9-12H2,1H3,(H,34,35)(H,32,36,37). The van der Waals surface area contributed by atoms with E-state index in [1.54, 1.807) is 12.4 Å². The second kappa shape index (κ2) is 10.5. The number of anilines is 2. The Morgan fingerprint density at radius 1 is 1.00 bits per heavy atom. The summed E-state index contributed by atoms with van der Waals surface area (Å²) in [6.45, 7) is 3.84. The highest BCUT2D eigenvalue weighted by Gasteiger charge is 2.23. The first-order chi connectivity index (χ1) is 19.6. The molecule has 0 amide bonds. The molecule has 0 spiro atoms. The topological polar surface area (TPSA) is 135 Å². The van der Waals surface area contributed by atoms with Crippen molar-refractivity contribution in [1.29, 1.82) is 0 Å². The second-order valence-electron chi connectivity index (χ2n) is 11.0. The van der Waals surface area contributed by atoms with Crippen LogP contribution in [0.15, 0.2) is 43.0 Å². The van der Waals surface area contributed by atoms with Gasteiger partial charge in [0.25, 0.3) is 0 Å². The second-order valence-corrected chi connectivity index (χ2v) is 11.0. The zero-order valence-electron chi connectivity index (χ0n) is 22.6. The van der Waals surface area contributed by atoms with Crippen LogP contribution in [0.25, 0.3) is 44.7 Å². The molecule has 6 heterocycles. The molecule has 1 aliphatic carbocycles. The number of nitrogens with zero attached hydrogens (tertiary/aromatic N) is 7. The molecule has 40 heavy (non-hydrogen) atoms. The maximum absolute atomic E-state index is 10.8. The lowest BCUT2D eigenvalue weighted by Crippen LogP contribution is -2.44. The fourth-order valence-electron chi connectivity index (χ4n) is 5.94. The first kappa shape index (κ1) is 24.9. The predicted octanol–water partition coefficient (Wildman–Crippen LogP) is 4.02. The summed E-state index contributed by atoms with van der Waals surface area (Å²) in [7, 11) is 2.15. The van der Waals surface area contributed by atoms with E-state index < -0.39 is 6.23 Å². The minimum atomic E-state index is -0.572. The van der Waals surface area contributed by atoms with Gasteiger partial charge >= 0.3 is 0 Å². The number of fused-ring (bicyclic) bond motifs is 2. The van der Waals surface area contributed by atoms with Crippen LogP contribution in [0.4, 0.5) is 11.5 Å². The van der Waals surface area contributed by atoms with Crippen molar-refractivity contribution in [2.45, 2.75) is 38.3 Å². The zero-order chi connectivity index (χ0) is 27.1. The van der Waals surface area contributed by atoms with Gasteiger partial charge in [0.15, 0.2) is 17.3 Å². The van der Waals surface area contributed by atoms with Gasteiger partial charge in [-0.3, -0.25) is 10.1 Å². The molecule has 5 aromatic heterocycles. The lowest BCUT2D eigenvalue weighted by molar-refractivity contribution is 0.109. The van der Waals surface area contributed by atoms with E-state index in [1.807, 2.05) is 24.5 Å². The SMILES string of the molecule is CN1CCN(c2nccc3[nH]c(-c4[nH]nc5ncc(-c6cncc(NC(O)C7CCCCC7)c6)cc45)nc23)CC1. The van der Waals surface area contributed by atoms with Gasteiger partial charge in [0.1, 0.15) is 17.4 Å². The largest absolute Gasteiger partial charge is 0.374 e. The van der Waals surface area contributed by atoms with Crippen LogP contribution in [0.5, 0.6) is 0 Å². The predicted molar refractivity (Wildman–Crippen MR) is 156 cm³/mol. The van der Waals surface area contributed by atoms with Crippen LogP contribution >= 0.6 is 0 Å². The van der Waals surface area contributed by atoms with E-state index in [1.165, 1.54) is 19.3 Å². The first-order valence-electron chi connectivity index (χ1n) is 14.1. The Labute approximate surface area is 232 Å². The van der Waals surface area contributed by atoms with Crippen molar-refractivity contribution >= 4 is 33.6 Å². The van der Waals surface area contributed by atoms with Crippen LogP contribution in [-0.2, 0) is 0 Å². The van der Waals surface area contributed by atoms with Gasteiger partial charge in [0.05, 0.1) is 22.8 Å². The maximum atomic E-state index is 10.8. The number of aliphatic hydroxyl groups excluding tert-OH is 1. The number of aromatic amines is 2. The molecule has 1 saturated carbocycles. The van der Waals surface area contributed by atoms with E-state index in [4.69, 9.17) is 4.98 Å². The molecule has 206 valence electrons. The van der Waals surface area contributed by atoms with Gasteiger partial charge in [0, 0.05) is 61.8 Å². The average Bonchev–Trinajstić information content (AvgIpc) is 3.62. The fraction of sp³-hybridized carbons (Fsp3) is 0.414. The van der Waals surface area contributed by atoms with Gasteiger partial charge in [-0.25, -0.2) is 15.0 Å². The highest BCUT2D eigenvalue weighted by molar-refractivity contribution is 5.95. The molecule has 5 aromatic rings. The van der Waals surface area contributed by atoms with E-state index in [9.17, 15) is 5.11 Å². The third kappa shape index (κ3) is 4.75. The number of imidazole rings is 1. The third-order valence-electron chi connectivity index (χ3n) is 8.31. The van der Waals surface area contributed by atoms with E-state index in [-0.39, 0.29) is 5.92 Å². The Kier molecular flexibility index (Phi) is 6.52. The Morgan fingerprint density at radius 3 is 2.67 bits per heavy atom. The summed E-state index contributed by atoms with van der Waals surface area (Å²) in [6, 6.07) is 6.03. The molecule has 1 aliphatic heterocycles. The molecule has 11 heteroatoms. The summed E-state index contributed by atoms with van der Waals surface area (Å²) >= 11 is 0. The van der Waals surface area contributed by atoms with Crippen molar-refractivity contribution in [3.05, 3.63) is 43.0 Å². The number of piperazine rings is 1. The number of likely N-dealkylation sites (N-methyl/N-ethyl adjacent to an activating group) is 1. The van der Waals surface area contributed by atoms with Crippen LogP contribution in [-0.4, -0.2) is 84.6 Å². The number of aliphatic hydroxyl groups is 1. The monoisotopic (exact) mass is 538 g/mol. The molecule has 11 nitrogen and oxygen atoms in total. The Bertz CT molecular complexity index is 1630. The van der Waals surface area contributed by atoms with Crippen LogP contribution in [0.2, 0.25) is 0 Å². The molecule has 1 atom stereocenters. The van der Waals surface area contributed by atoms with Gasteiger partial charge in [-0.15, -0.1) is 0 Å². The molecule has 2 aliphatic rings. The number of rotatable bonds is 6. The summed E-state index contributed by atoms with van der Waals surface area (Å²) in [5.41, 5.74) is 5.80. The van der Waals surface area contributed by atoms with Gasteiger partial charge in [-0.05, 0) is 38.1 Å². The van der Waals surface area contributed by atoms with Gasteiger partial charge < -0.3 is 25.2 Å². The quantitative estimate of drug-likeness (QED) is 0.236. The average molecular weight is 539 g/mol. The van der Waals surface area contributed by atoms with Crippen molar-refractivity contribution < 1.29 is 5.11 Å². The Hall–Kier alpha value is -4.09. The molecule has 0 bridgehead atoms. The first-order valence-corrected chi connectivity index (χ1v) is 14.1. The molecular formula is C29H34N10O. The van der Waals surface area contributed by atoms with E-state index in [2.05, 4.69) is 58.4 Å². The van der Waals surface area contributed by atoms with Crippen molar-refractivity contribution in [3.8, 4) is 22.6 Å². The van der Waals surface area contributed by atoms with Crippen LogP contribution in [0.1, 0.15) is 32.1 Å². The molecule has 0 radical (unpaired) electrons. The van der Waals surface area contributed by atoms with E-state index in [0.29, 0.717) is 11.5 Å². The summed E-state index contributed by atoms with van der Waals surface area (Å²) in [5.74, 6) is 1.88. The highest BCUT2D eigenvalue weighted by Crippen LogP contribution is 2.32. The van der Waals surface area contributed by atoms with Crippen molar-refractivity contribution in [3.63, 3.8) is 0 Å². The molecule has 2 fully saturated rings. The van der Waals surface area contributed by atoms with E-state index >= 15 is 0 Å². The fourth-order valence-corrected chi connectivity index (χ4v) is 5.94. The van der Waals surface area contributed by atoms with Gasteiger partial charge in [-0.2, -0.15) is 5.10 Å². The Balaban J connectivity index is 1.19. The van der Waals surface area contributed by atoms with E-state index in [0.717, 1.165) is 83.8 Å². The number of hydrogen-bond acceptors (Lipinski definition) is 9. The van der Waals surface area contributed by atoms with Crippen molar-refractivity contribution in [2.24, 2.45) is 5.92 Å². The molecule has 7 rings (SSSR count). The summed E-state index contributed by atoms with van der Waals surface area (Å²) < 4.78 is 0. The summed E-state index contributed by atoms with van der Waals surface area (Å²) in [6.07, 6.45) is 12.4. The van der Waals surface area contributed by atoms with Gasteiger partial charge in [0.2, 0.25) is 0 Å². The number of pyridine rings is 3. The van der Waals surface area contributed by atoms with Crippen molar-refractivity contribution in [1.82, 2.24) is 40.0 Å². The number of nitrogens with one attached hydrogen (secondary N) is 3. The smallest absolute Gasteiger partial charge is 0.181 e. The normalized spacial score (nSPS) is 18.0. The highest BCUT2D eigenvalue weighted by atomic mass is 16.3. The van der Waals surface area contributed by atoms with Crippen LogP contribution < -0.4 is 10.2 Å². The number of H-pyrrole nitrogens is 2. The lowest BCUT2D eigenvalue weighted by atomic mass is 9.88. The Morgan fingerprint density at radius 2 is 1.82 bits per heavy atom. The molecule has 1 saturated heterocycles. The summed E-state index contributed by atoms with van der Waals surface area (Å²) in [5, 5.41) is 22.5.